The summed E-state index contributed by atoms with van der Waals surface area (Å²) in [6.07, 6.45) is 0. The number of hydrogen-bond donors (Lipinski definition) is 3. The molecule has 0 bridgehead atoms. The minimum atomic E-state index is -0.0501. The summed E-state index contributed by atoms with van der Waals surface area (Å²) < 4.78 is 11.0. The lowest BCUT2D eigenvalue weighted by atomic mass is 10.2. The lowest BCUT2D eigenvalue weighted by Crippen LogP contribution is -2.10. The molecular weight excluding hydrogens is 256 g/mol. The first-order chi connectivity index (χ1) is 9.56. The Morgan fingerprint density at radius 1 is 1.00 bits per heavy atom. The molecule has 0 atom stereocenters. The maximum absolute atomic E-state index is 9.39. The Labute approximate surface area is 117 Å². The standard InChI is InChI=1S/C15H18N2O3/c1-10-3-2-4-11(7-10)19-5-6-20-15-9-12(16)14(18)8-13(15)17/h2-4,7-9,18H,5-6,16-17H2,1H3. The van der Waals surface area contributed by atoms with Gasteiger partial charge in [0.1, 0.15) is 30.5 Å². The molecule has 0 saturated carbocycles. The zero-order valence-electron chi connectivity index (χ0n) is 11.3. The lowest BCUT2D eigenvalue weighted by Gasteiger charge is -2.11. The molecule has 0 aliphatic carbocycles. The van der Waals surface area contributed by atoms with Crippen LogP contribution in [0.1, 0.15) is 5.56 Å². The molecule has 106 valence electrons. The maximum Gasteiger partial charge on any atom is 0.144 e. The highest BCUT2D eigenvalue weighted by Crippen LogP contribution is 2.31. The second kappa shape index (κ2) is 6.06. The predicted molar refractivity (Wildman–Crippen MR) is 79.1 cm³/mol. The van der Waals surface area contributed by atoms with Crippen LogP contribution in [-0.4, -0.2) is 18.3 Å². The molecule has 0 aliphatic rings. The van der Waals surface area contributed by atoms with Crippen LogP contribution in [0.5, 0.6) is 17.2 Å². The van der Waals surface area contributed by atoms with Crippen molar-refractivity contribution < 1.29 is 14.6 Å². The Kier molecular flexibility index (Phi) is 4.20. The summed E-state index contributed by atoms with van der Waals surface area (Å²) in [5, 5.41) is 9.39. The van der Waals surface area contributed by atoms with E-state index in [4.69, 9.17) is 20.9 Å². The first kappa shape index (κ1) is 13.9. The van der Waals surface area contributed by atoms with Gasteiger partial charge in [-0.1, -0.05) is 12.1 Å². The van der Waals surface area contributed by atoms with E-state index in [1.165, 1.54) is 12.1 Å². The predicted octanol–water partition coefficient (Wildman–Crippen LogP) is 2.32. The summed E-state index contributed by atoms with van der Waals surface area (Å²) in [6.45, 7) is 2.73. The van der Waals surface area contributed by atoms with Crippen molar-refractivity contribution in [2.45, 2.75) is 6.92 Å². The number of nitrogen functional groups attached to an aromatic ring is 2. The van der Waals surface area contributed by atoms with Crippen LogP contribution < -0.4 is 20.9 Å². The number of ether oxygens (including phenoxy) is 2. The van der Waals surface area contributed by atoms with Gasteiger partial charge < -0.3 is 26.0 Å². The van der Waals surface area contributed by atoms with E-state index in [-0.39, 0.29) is 11.4 Å². The van der Waals surface area contributed by atoms with Crippen molar-refractivity contribution in [1.82, 2.24) is 0 Å². The quantitative estimate of drug-likeness (QED) is 0.442. The Balaban J connectivity index is 1.86. The number of aromatic hydroxyl groups is 1. The van der Waals surface area contributed by atoms with Crippen molar-refractivity contribution in [3.8, 4) is 17.2 Å². The van der Waals surface area contributed by atoms with Gasteiger partial charge in [-0.05, 0) is 24.6 Å². The van der Waals surface area contributed by atoms with E-state index in [1.54, 1.807) is 0 Å². The Hall–Kier alpha value is -2.56. The SMILES string of the molecule is Cc1cccc(OCCOc2cc(N)c(O)cc2N)c1. The topological polar surface area (TPSA) is 90.7 Å². The number of aryl methyl sites for hydroxylation is 1. The molecule has 0 amide bonds. The molecule has 2 aromatic rings. The molecule has 5 N–H and O–H groups in total. The van der Waals surface area contributed by atoms with Crippen molar-refractivity contribution in [2.75, 3.05) is 24.7 Å². The summed E-state index contributed by atoms with van der Waals surface area (Å²) >= 11 is 0. The first-order valence-electron chi connectivity index (χ1n) is 6.26. The molecule has 0 radical (unpaired) electrons. The van der Waals surface area contributed by atoms with Crippen LogP contribution in [0.4, 0.5) is 11.4 Å². The summed E-state index contributed by atoms with van der Waals surface area (Å²) in [5.74, 6) is 1.19. The minimum absolute atomic E-state index is 0.0501. The molecule has 2 aromatic carbocycles. The number of hydrogen-bond acceptors (Lipinski definition) is 5. The van der Waals surface area contributed by atoms with Crippen molar-refractivity contribution in [2.24, 2.45) is 0 Å². The van der Waals surface area contributed by atoms with Gasteiger partial charge in [0, 0.05) is 12.1 Å². The van der Waals surface area contributed by atoms with Gasteiger partial charge in [0.05, 0.1) is 11.4 Å². The lowest BCUT2D eigenvalue weighted by molar-refractivity contribution is 0.218. The maximum atomic E-state index is 9.39. The van der Waals surface area contributed by atoms with Gasteiger partial charge in [0.2, 0.25) is 0 Å². The van der Waals surface area contributed by atoms with E-state index in [1.807, 2.05) is 31.2 Å². The molecular formula is C15H18N2O3. The van der Waals surface area contributed by atoms with Crippen LogP contribution in [0.15, 0.2) is 36.4 Å². The molecule has 0 aliphatic heterocycles. The zero-order valence-corrected chi connectivity index (χ0v) is 11.3. The third-order valence-electron chi connectivity index (χ3n) is 2.76. The second-order valence-corrected chi connectivity index (χ2v) is 4.46. The highest BCUT2D eigenvalue weighted by Gasteiger charge is 2.06. The molecule has 2 rings (SSSR count). The molecule has 20 heavy (non-hydrogen) atoms. The fourth-order valence-electron chi connectivity index (χ4n) is 1.74. The number of benzene rings is 2. The highest BCUT2D eigenvalue weighted by atomic mass is 16.5. The van der Waals surface area contributed by atoms with E-state index in [0.717, 1.165) is 11.3 Å². The van der Waals surface area contributed by atoms with Gasteiger partial charge in [-0.3, -0.25) is 0 Å². The molecule has 0 aromatic heterocycles. The number of phenols is 1. The van der Waals surface area contributed by atoms with E-state index < -0.39 is 0 Å². The Morgan fingerprint density at radius 2 is 1.75 bits per heavy atom. The third kappa shape index (κ3) is 3.47. The molecule has 5 heteroatoms. The summed E-state index contributed by atoms with van der Waals surface area (Å²) in [4.78, 5) is 0. The minimum Gasteiger partial charge on any atom is -0.506 e. The van der Waals surface area contributed by atoms with E-state index in [2.05, 4.69) is 0 Å². The van der Waals surface area contributed by atoms with E-state index in [0.29, 0.717) is 24.7 Å². The van der Waals surface area contributed by atoms with Crippen molar-refractivity contribution in [3.63, 3.8) is 0 Å². The zero-order chi connectivity index (χ0) is 14.5. The molecule has 0 heterocycles. The third-order valence-corrected chi connectivity index (χ3v) is 2.76. The molecule has 0 unspecified atom stereocenters. The first-order valence-corrected chi connectivity index (χ1v) is 6.26. The van der Waals surface area contributed by atoms with Gasteiger partial charge in [-0.2, -0.15) is 0 Å². The normalized spacial score (nSPS) is 10.2. The average Bonchev–Trinajstić information content (AvgIpc) is 2.40. The number of anilines is 2. The smallest absolute Gasteiger partial charge is 0.144 e. The van der Waals surface area contributed by atoms with Gasteiger partial charge in [-0.15, -0.1) is 0 Å². The van der Waals surface area contributed by atoms with Gasteiger partial charge in [0.15, 0.2) is 0 Å². The van der Waals surface area contributed by atoms with Crippen LogP contribution in [-0.2, 0) is 0 Å². The fourth-order valence-corrected chi connectivity index (χ4v) is 1.74. The van der Waals surface area contributed by atoms with Gasteiger partial charge in [-0.25, -0.2) is 0 Å². The monoisotopic (exact) mass is 274 g/mol. The average molecular weight is 274 g/mol. The molecule has 0 fully saturated rings. The highest BCUT2D eigenvalue weighted by molar-refractivity contribution is 5.66. The fraction of sp³-hybridized carbons (Fsp3) is 0.200. The van der Waals surface area contributed by atoms with Crippen molar-refractivity contribution >= 4 is 11.4 Å². The molecule has 0 saturated heterocycles. The number of phenolic OH excluding ortho intramolecular Hbond substituents is 1. The van der Waals surface area contributed by atoms with Crippen LogP contribution >= 0.6 is 0 Å². The Bertz CT molecular complexity index is 600. The molecule has 5 nitrogen and oxygen atoms in total. The van der Waals surface area contributed by atoms with Gasteiger partial charge in [0.25, 0.3) is 0 Å². The van der Waals surface area contributed by atoms with Crippen molar-refractivity contribution in [1.29, 1.82) is 0 Å². The van der Waals surface area contributed by atoms with Crippen LogP contribution in [0, 0.1) is 6.92 Å². The summed E-state index contributed by atoms with van der Waals surface area (Å²) in [5.41, 5.74) is 13.0. The van der Waals surface area contributed by atoms with E-state index >= 15 is 0 Å². The van der Waals surface area contributed by atoms with Crippen LogP contribution in [0.25, 0.3) is 0 Å². The largest absolute Gasteiger partial charge is 0.506 e. The second-order valence-electron chi connectivity index (χ2n) is 4.46. The summed E-state index contributed by atoms with van der Waals surface area (Å²) in [7, 11) is 0. The molecule has 0 spiro atoms. The Morgan fingerprint density at radius 3 is 2.50 bits per heavy atom. The van der Waals surface area contributed by atoms with Crippen LogP contribution in [0.3, 0.4) is 0 Å². The summed E-state index contributed by atoms with van der Waals surface area (Å²) in [6, 6.07) is 10.6. The number of nitrogens with two attached hydrogens (primary N) is 2. The van der Waals surface area contributed by atoms with Gasteiger partial charge >= 0.3 is 0 Å². The number of rotatable bonds is 5. The van der Waals surface area contributed by atoms with Crippen LogP contribution in [0.2, 0.25) is 0 Å². The van der Waals surface area contributed by atoms with Crippen molar-refractivity contribution in [3.05, 3.63) is 42.0 Å². The van der Waals surface area contributed by atoms with E-state index in [9.17, 15) is 5.11 Å².